The number of amides is 1. The molecule has 2 aromatic rings. The molecule has 7 nitrogen and oxygen atoms in total. The molecule has 0 bridgehead atoms. The Morgan fingerprint density at radius 2 is 1.93 bits per heavy atom. The van der Waals surface area contributed by atoms with E-state index in [0.29, 0.717) is 30.9 Å². The van der Waals surface area contributed by atoms with Gasteiger partial charge >= 0.3 is 6.09 Å². The van der Waals surface area contributed by atoms with Gasteiger partial charge in [0.05, 0.1) is 0 Å². The van der Waals surface area contributed by atoms with Gasteiger partial charge in [0.2, 0.25) is 0 Å². The predicted octanol–water partition coefficient (Wildman–Crippen LogP) is 5.47. The summed E-state index contributed by atoms with van der Waals surface area (Å²) in [5.41, 5.74) is 10.5. The fourth-order valence-corrected chi connectivity index (χ4v) is 2.38. The Morgan fingerprint density at radius 1 is 1.18 bits per heavy atom. The van der Waals surface area contributed by atoms with Gasteiger partial charge in [0.25, 0.3) is 0 Å². The second kappa shape index (κ2) is 10.1. The van der Waals surface area contributed by atoms with Crippen molar-refractivity contribution < 1.29 is 14.3 Å². The highest BCUT2D eigenvalue weighted by Gasteiger charge is 2.15. The van der Waals surface area contributed by atoms with Crippen molar-refractivity contribution in [3.63, 3.8) is 0 Å². The second-order valence-corrected chi connectivity index (χ2v) is 7.08. The van der Waals surface area contributed by atoms with E-state index in [4.69, 9.17) is 15.0 Å². The molecule has 0 N–H and O–H groups in total. The fourth-order valence-electron chi connectivity index (χ4n) is 2.38. The summed E-state index contributed by atoms with van der Waals surface area (Å²) in [4.78, 5) is 18.5. The standard InChI is InChI=1S/C21H24N4O3/c1-21(2,3)28-20(26)23-14-18-13-19(10-9-17(18)11-12-24-25-22)27-15-16-7-5-4-6-8-16/h4-10,13-14H,11-12,15H2,1-3H3/b23-14+. The van der Waals surface area contributed by atoms with E-state index >= 15 is 0 Å². The van der Waals surface area contributed by atoms with Crippen molar-refractivity contribution >= 4 is 12.3 Å². The molecule has 2 rings (SSSR count). The second-order valence-electron chi connectivity index (χ2n) is 7.08. The molecular weight excluding hydrogens is 356 g/mol. The maximum Gasteiger partial charge on any atom is 0.434 e. The van der Waals surface area contributed by atoms with Crippen LogP contribution in [0.4, 0.5) is 4.79 Å². The number of rotatable bonds is 7. The number of aliphatic imine (C=N–C) groups is 1. The van der Waals surface area contributed by atoms with Crippen molar-refractivity contribution in [1.82, 2.24) is 0 Å². The van der Waals surface area contributed by atoms with Crippen LogP contribution in [0.5, 0.6) is 5.75 Å². The zero-order valence-electron chi connectivity index (χ0n) is 16.3. The van der Waals surface area contributed by atoms with Crippen LogP contribution in [0.15, 0.2) is 58.6 Å². The third-order valence-electron chi connectivity index (χ3n) is 3.61. The lowest BCUT2D eigenvalue weighted by Gasteiger charge is -2.17. The Balaban J connectivity index is 2.16. The number of ether oxygens (including phenoxy) is 2. The van der Waals surface area contributed by atoms with Gasteiger partial charge in [-0.1, -0.05) is 41.5 Å². The van der Waals surface area contributed by atoms with Crippen LogP contribution in [-0.2, 0) is 17.8 Å². The lowest BCUT2D eigenvalue weighted by Crippen LogP contribution is -2.21. The number of hydrogen-bond acceptors (Lipinski definition) is 4. The molecule has 0 heterocycles. The highest BCUT2D eigenvalue weighted by atomic mass is 16.6. The normalized spacial score (nSPS) is 11.1. The summed E-state index contributed by atoms with van der Waals surface area (Å²) >= 11 is 0. The SMILES string of the molecule is CC(C)(C)OC(=O)/N=C/c1cc(OCc2ccccc2)ccc1CCN=[N+]=[N-]. The molecule has 7 heteroatoms. The molecule has 146 valence electrons. The van der Waals surface area contributed by atoms with Crippen LogP contribution >= 0.6 is 0 Å². The van der Waals surface area contributed by atoms with Gasteiger partial charge in [0, 0.05) is 17.7 Å². The van der Waals surface area contributed by atoms with E-state index in [9.17, 15) is 4.79 Å². The fraction of sp³-hybridized carbons (Fsp3) is 0.333. The van der Waals surface area contributed by atoms with Gasteiger partial charge in [-0.25, -0.2) is 4.79 Å². The minimum Gasteiger partial charge on any atom is -0.489 e. The van der Waals surface area contributed by atoms with Gasteiger partial charge in [0.15, 0.2) is 0 Å². The quantitative estimate of drug-likeness (QED) is 0.275. The predicted molar refractivity (Wildman–Crippen MR) is 109 cm³/mol. The summed E-state index contributed by atoms with van der Waals surface area (Å²) in [5.74, 6) is 0.655. The Labute approximate surface area is 164 Å². The van der Waals surface area contributed by atoms with E-state index in [1.807, 2.05) is 48.5 Å². The molecule has 1 amide bonds. The Hall–Kier alpha value is -3.31. The van der Waals surface area contributed by atoms with Crippen molar-refractivity contribution in [3.8, 4) is 5.75 Å². The van der Waals surface area contributed by atoms with Crippen molar-refractivity contribution in [3.05, 3.63) is 75.7 Å². The third-order valence-corrected chi connectivity index (χ3v) is 3.61. The van der Waals surface area contributed by atoms with Crippen molar-refractivity contribution in [2.45, 2.75) is 39.4 Å². The number of hydrogen-bond donors (Lipinski definition) is 0. The average molecular weight is 380 g/mol. The van der Waals surface area contributed by atoms with Gasteiger partial charge in [-0.2, -0.15) is 4.99 Å². The van der Waals surface area contributed by atoms with E-state index in [0.717, 1.165) is 11.1 Å². The van der Waals surface area contributed by atoms with E-state index in [2.05, 4.69) is 15.0 Å². The summed E-state index contributed by atoms with van der Waals surface area (Å²) in [7, 11) is 0. The Morgan fingerprint density at radius 3 is 2.61 bits per heavy atom. The first-order valence-electron chi connectivity index (χ1n) is 8.95. The summed E-state index contributed by atoms with van der Waals surface area (Å²) in [6.07, 6.45) is 1.32. The Kier molecular flexibility index (Phi) is 7.60. The van der Waals surface area contributed by atoms with Gasteiger partial charge in [-0.3, -0.25) is 0 Å². The summed E-state index contributed by atoms with van der Waals surface area (Å²) in [5, 5.41) is 3.56. The van der Waals surface area contributed by atoms with Crippen LogP contribution in [0.2, 0.25) is 0 Å². The average Bonchev–Trinajstić information content (AvgIpc) is 2.65. The number of carbonyl (C=O) groups is 1. The molecule has 0 spiro atoms. The topological polar surface area (TPSA) is 96.6 Å². The molecule has 0 aromatic heterocycles. The first-order chi connectivity index (χ1) is 13.4. The van der Waals surface area contributed by atoms with Crippen LogP contribution in [0.3, 0.4) is 0 Å². The Bertz CT molecular complexity index is 867. The first-order valence-corrected chi connectivity index (χ1v) is 8.95. The number of nitrogens with zero attached hydrogens (tertiary/aromatic N) is 4. The molecular formula is C21H24N4O3. The zero-order chi connectivity index (χ0) is 20.4. The molecule has 28 heavy (non-hydrogen) atoms. The summed E-state index contributed by atoms with van der Waals surface area (Å²) in [6, 6.07) is 15.4. The maximum atomic E-state index is 11.9. The highest BCUT2D eigenvalue weighted by Crippen LogP contribution is 2.19. The van der Waals surface area contributed by atoms with Crippen molar-refractivity contribution in [2.75, 3.05) is 6.54 Å². The lowest BCUT2D eigenvalue weighted by atomic mass is 10.0. The van der Waals surface area contributed by atoms with E-state index in [1.54, 1.807) is 20.8 Å². The van der Waals surface area contributed by atoms with Crippen LogP contribution in [0.1, 0.15) is 37.5 Å². The molecule has 0 fully saturated rings. The molecule has 0 saturated heterocycles. The van der Waals surface area contributed by atoms with Gasteiger partial charge in [-0.05, 0) is 61.5 Å². The molecule has 2 aromatic carbocycles. The van der Waals surface area contributed by atoms with Gasteiger partial charge < -0.3 is 9.47 Å². The van der Waals surface area contributed by atoms with Crippen LogP contribution in [0.25, 0.3) is 10.4 Å². The smallest absolute Gasteiger partial charge is 0.434 e. The largest absolute Gasteiger partial charge is 0.489 e. The monoisotopic (exact) mass is 380 g/mol. The van der Waals surface area contributed by atoms with E-state index < -0.39 is 11.7 Å². The van der Waals surface area contributed by atoms with Crippen LogP contribution in [-0.4, -0.2) is 24.5 Å². The van der Waals surface area contributed by atoms with Gasteiger partial charge in [-0.15, -0.1) is 0 Å². The lowest BCUT2D eigenvalue weighted by molar-refractivity contribution is 0.0605. The molecule has 0 radical (unpaired) electrons. The number of benzene rings is 2. The zero-order valence-corrected chi connectivity index (χ0v) is 16.3. The number of carbonyl (C=O) groups excluding carboxylic acids is 1. The van der Waals surface area contributed by atoms with Crippen molar-refractivity contribution in [1.29, 1.82) is 0 Å². The van der Waals surface area contributed by atoms with Crippen LogP contribution < -0.4 is 4.74 Å². The molecule has 0 aliphatic carbocycles. The van der Waals surface area contributed by atoms with Crippen LogP contribution in [0, 0.1) is 0 Å². The molecule has 0 atom stereocenters. The molecule has 0 unspecified atom stereocenters. The molecule has 0 aliphatic rings. The van der Waals surface area contributed by atoms with E-state index in [1.165, 1.54) is 6.21 Å². The molecule has 0 saturated carbocycles. The summed E-state index contributed by atoms with van der Waals surface area (Å²) in [6.45, 7) is 6.09. The third kappa shape index (κ3) is 7.51. The minimum absolute atomic E-state index is 0.313. The highest BCUT2D eigenvalue weighted by molar-refractivity contribution is 5.90. The summed E-state index contributed by atoms with van der Waals surface area (Å²) < 4.78 is 11.0. The molecule has 0 aliphatic heterocycles. The van der Waals surface area contributed by atoms with Crippen molar-refractivity contribution in [2.24, 2.45) is 10.1 Å². The first kappa shape index (κ1) is 21.0. The number of azide groups is 1. The minimum atomic E-state index is -0.663. The van der Waals surface area contributed by atoms with E-state index in [-0.39, 0.29) is 0 Å². The van der Waals surface area contributed by atoms with Gasteiger partial charge in [0.1, 0.15) is 18.0 Å². The maximum absolute atomic E-state index is 11.9.